The van der Waals surface area contributed by atoms with Gasteiger partial charge in [-0.25, -0.2) is 0 Å². The Bertz CT molecular complexity index is 544. The monoisotopic (exact) mass is 288 g/mol. The van der Waals surface area contributed by atoms with Crippen LogP contribution in [0, 0.1) is 34.8 Å². The largest absolute Gasteiger partial charge is 0.310 e. The third-order valence-electron chi connectivity index (χ3n) is 5.50. The highest BCUT2D eigenvalue weighted by atomic mass is 16.6. The van der Waals surface area contributed by atoms with Crippen molar-refractivity contribution in [2.24, 2.45) is 17.8 Å². The first-order chi connectivity index (χ1) is 10.0. The fraction of sp³-hybridized carbons (Fsp3) is 0.647. The first-order valence-corrected chi connectivity index (χ1v) is 8.03. The maximum atomic E-state index is 11.0. The second-order valence-electron chi connectivity index (χ2n) is 6.87. The van der Waals surface area contributed by atoms with Gasteiger partial charge in [0.15, 0.2) is 0 Å². The molecule has 2 aliphatic carbocycles. The number of aryl methyl sites for hydroxylation is 1. The molecule has 2 aliphatic rings. The van der Waals surface area contributed by atoms with Crippen LogP contribution in [-0.2, 0) is 0 Å². The highest BCUT2D eigenvalue weighted by Gasteiger charge is 2.39. The van der Waals surface area contributed by atoms with E-state index in [9.17, 15) is 10.1 Å². The molecule has 1 N–H and O–H groups in total. The van der Waals surface area contributed by atoms with Gasteiger partial charge in [0.25, 0.3) is 5.69 Å². The number of nitrogens with zero attached hydrogens (tertiary/aromatic N) is 1. The van der Waals surface area contributed by atoms with E-state index >= 15 is 0 Å². The van der Waals surface area contributed by atoms with Crippen molar-refractivity contribution in [3.63, 3.8) is 0 Å². The van der Waals surface area contributed by atoms with Crippen LogP contribution in [0.4, 0.5) is 5.69 Å². The Labute approximate surface area is 126 Å². The SMILES string of the molecule is Cc1ccc(C(C)NCC2CC3CCC2C3)cc1[N+](=O)[O-]. The summed E-state index contributed by atoms with van der Waals surface area (Å²) in [5.74, 6) is 2.70. The molecule has 114 valence electrons. The predicted octanol–water partition coefficient (Wildman–Crippen LogP) is 3.99. The molecule has 4 atom stereocenters. The van der Waals surface area contributed by atoms with E-state index in [4.69, 9.17) is 0 Å². The summed E-state index contributed by atoms with van der Waals surface area (Å²) in [4.78, 5) is 10.7. The zero-order valence-corrected chi connectivity index (χ0v) is 12.8. The number of fused-ring (bicyclic) bond motifs is 2. The molecule has 1 aromatic carbocycles. The van der Waals surface area contributed by atoms with E-state index in [0.29, 0.717) is 0 Å². The Balaban J connectivity index is 1.61. The average molecular weight is 288 g/mol. The molecule has 0 spiro atoms. The molecule has 0 amide bonds. The Morgan fingerprint density at radius 2 is 2.19 bits per heavy atom. The molecule has 3 rings (SSSR count). The van der Waals surface area contributed by atoms with Crippen LogP contribution in [0.25, 0.3) is 0 Å². The second kappa shape index (κ2) is 5.76. The Morgan fingerprint density at radius 3 is 2.81 bits per heavy atom. The van der Waals surface area contributed by atoms with Crippen molar-refractivity contribution < 1.29 is 4.92 Å². The number of nitro benzene ring substituents is 1. The van der Waals surface area contributed by atoms with Gasteiger partial charge in [-0.15, -0.1) is 0 Å². The van der Waals surface area contributed by atoms with Gasteiger partial charge in [0.05, 0.1) is 4.92 Å². The molecule has 0 heterocycles. The van der Waals surface area contributed by atoms with Crippen molar-refractivity contribution in [3.8, 4) is 0 Å². The molecule has 4 nitrogen and oxygen atoms in total. The van der Waals surface area contributed by atoms with Gasteiger partial charge in [0, 0.05) is 17.7 Å². The van der Waals surface area contributed by atoms with Gasteiger partial charge in [0.2, 0.25) is 0 Å². The molecule has 21 heavy (non-hydrogen) atoms. The predicted molar refractivity (Wildman–Crippen MR) is 83.2 cm³/mol. The third-order valence-corrected chi connectivity index (χ3v) is 5.50. The minimum Gasteiger partial charge on any atom is -0.310 e. The van der Waals surface area contributed by atoms with Gasteiger partial charge in [-0.05, 0) is 63.0 Å². The summed E-state index contributed by atoms with van der Waals surface area (Å²) in [6, 6.07) is 5.74. The molecule has 0 aromatic heterocycles. The summed E-state index contributed by atoms with van der Waals surface area (Å²) < 4.78 is 0. The average Bonchev–Trinajstić information content (AvgIpc) is 3.07. The number of hydrogen-bond acceptors (Lipinski definition) is 3. The summed E-state index contributed by atoms with van der Waals surface area (Å²) in [6.45, 7) is 4.93. The lowest BCUT2D eigenvalue weighted by Crippen LogP contribution is -2.28. The number of rotatable bonds is 5. The van der Waals surface area contributed by atoms with Crippen LogP contribution in [0.1, 0.15) is 49.8 Å². The number of nitrogens with one attached hydrogen (secondary N) is 1. The standard InChI is InChI=1S/C17H24N2O2/c1-11-3-5-14(9-17(11)19(20)21)12(2)18-10-16-8-13-4-6-15(16)7-13/h3,5,9,12-13,15-16,18H,4,6-8,10H2,1-2H3. The maximum absolute atomic E-state index is 11.0. The summed E-state index contributed by atoms with van der Waals surface area (Å²) in [5, 5.41) is 14.6. The van der Waals surface area contributed by atoms with Crippen LogP contribution >= 0.6 is 0 Å². The van der Waals surface area contributed by atoms with Crippen LogP contribution in [0.2, 0.25) is 0 Å². The van der Waals surface area contributed by atoms with E-state index < -0.39 is 0 Å². The fourth-order valence-corrected chi connectivity index (χ4v) is 4.16. The lowest BCUT2D eigenvalue weighted by molar-refractivity contribution is -0.385. The van der Waals surface area contributed by atoms with E-state index in [1.165, 1.54) is 25.7 Å². The lowest BCUT2D eigenvalue weighted by atomic mass is 9.88. The van der Waals surface area contributed by atoms with Crippen molar-refractivity contribution in [2.75, 3.05) is 6.54 Å². The Hall–Kier alpha value is -1.42. The van der Waals surface area contributed by atoms with E-state index in [2.05, 4.69) is 12.2 Å². The van der Waals surface area contributed by atoms with Crippen LogP contribution in [-0.4, -0.2) is 11.5 Å². The molecule has 1 aromatic rings. The topological polar surface area (TPSA) is 55.2 Å². The molecule has 4 unspecified atom stereocenters. The summed E-state index contributed by atoms with van der Waals surface area (Å²) >= 11 is 0. The summed E-state index contributed by atoms with van der Waals surface area (Å²) in [5.41, 5.74) is 1.96. The zero-order chi connectivity index (χ0) is 15.0. The molecular formula is C17H24N2O2. The highest BCUT2D eigenvalue weighted by molar-refractivity contribution is 5.43. The number of benzene rings is 1. The maximum Gasteiger partial charge on any atom is 0.272 e. The molecule has 2 bridgehead atoms. The van der Waals surface area contributed by atoms with Gasteiger partial charge in [-0.3, -0.25) is 10.1 Å². The van der Waals surface area contributed by atoms with Crippen molar-refractivity contribution in [1.29, 1.82) is 0 Å². The minimum absolute atomic E-state index is 0.170. The quantitative estimate of drug-likeness (QED) is 0.658. The molecule has 2 fully saturated rings. The van der Waals surface area contributed by atoms with Crippen molar-refractivity contribution >= 4 is 5.69 Å². The van der Waals surface area contributed by atoms with Crippen LogP contribution in [0.15, 0.2) is 18.2 Å². The van der Waals surface area contributed by atoms with E-state index in [0.717, 1.165) is 35.4 Å². The molecule has 4 heteroatoms. The van der Waals surface area contributed by atoms with Crippen LogP contribution in [0.3, 0.4) is 0 Å². The van der Waals surface area contributed by atoms with Crippen molar-refractivity contribution in [1.82, 2.24) is 5.32 Å². The van der Waals surface area contributed by atoms with Gasteiger partial charge in [-0.2, -0.15) is 0 Å². The third kappa shape index (κ3) is 2.95. The van der Waals surface area contributed by atoms with Gasteiger partial charge >= 0.3 is 0 Å². The lowest BCUT2D eigenvalue weighted by Gasteiger charge is -2.24. The fourth-order valence-electron chi connectivity index (χ4n) is 4.16. The molecule has 0 radical (unpaired) electrons. The highest BCUT2D eigenvalue weighted by Crippen LogP contribution is 2.48. The Morgan fingerprint density at radius 1 is 1.38 bits per heavy atom. The van der Waals surface area contributed by atoms with E-state index in [1.54, 1.807) is 13.0 Å². The van der Waals surface area contributed by atoms with Crippen molar-refractivity contribution in [2.45, 2.75) is 45.6 Å². The summed E-state index contributed by atoms with van der Waals surface area (Å²) in [6.07, 6.45) is 5.64. The first-order valence-electron chi connectivity index (χ1n) is 8.03. The zero-order valence-electron chi connectivity index (χ0n) is 12.8. The van der Waals surface area contributed by atoms with Gasteiger partial charge in [-0.1, -0.05) is 18.6 Å². The Kier molecular flexibility index (Phi) is 3.98. The second-order valence-corrected chi connectivity index (χ2v) is 6.87. The molecule has 0 saturated heterocycles. The van der Waals surface area contributed by atoms with Gasteiger partial charge < -0.3 is 5.32 Å². The normalized spacial score (nSPS) is 28.8. The van der Waals surface area contributed by atoms with Crippen molar-refractivity contribution in [3.05, 3.63) is 39.4 Å². The summed E-state index contributed by atoms with van der Waals surface area (Å²) in [7, 11) is 0. The van der Waals surface area contributed by atoms with E-state index in [-0.39, 0.29) is 16.7 Å². The molecule has 0 aliphatic heterocycles. The molecular weight excluding hydrogens is 264 g/mol. The van der Waals surface area contributed by atoms with Crippen LogP contribution < -0.4 is 5.32 Å². The molecule has 2 saturated carbocycles. The van der Waals surface area contributed by atoms with Gasteiger partial charge in [0.1, 0.15) is 0 Å². The number of hydrogen-bond donors (Lipinski definition) is 1. The van der Waals surface area contributed by atoms with Crippen LogP contribution in [0.5, 0.6) is 0 Å². The van der Waals surface area contributed by atoms with E-state index in [1.807, 2.05) is 12.1 Å². The number of nitro groups is 1. The first kappa shape index (κ1) is 14.5. The smallest absolute Gasteiger partial charge is 0.272 e. The minimum atomic E-state index is -0.290.